The Bertz CT molecular complexity index is 903. The van der Waals surface area contributed by atoms with Crippen molar-refractivity contribution in [1.82, 2.24) is 5.32 Å². The van der Waals surface area contributed by atoms with Crippen molar-refractivity contribution in [3.8, 4) is 11.8 Å². The molecular formula is C21H21N3O5. The second kappa shape index (κ2) is 11.1. The lowest BCUT2D eigenvalue weighted by Crippen LogP contribution is -2.32. The predicted octanol–water partition coefficient (Wildman–Crippen LogP) is 2.06. The van der Waals surface area contributed by atoms with Gasteiger partial charge in [-0.1, -0.05) is 24.3 Å². The highest BCUT2D eigenvalue weighted by molar-refractivity contribution is 5.98. The molecule has 0 fully saturated rings. The summed E-state index contributed by atoms with van der Waals surface area (Å²) < 4.78 is 10.2. The molecular weight excluding hydrogens is 374 g/mol. The molecule has 0 radical (unpaired) electrons. The average Bonchev–Trinajstić information content (AvgIpc) is 2.73. The predicted molar refractivity (Wildman–Crippen MR) is 105 cm³/mol. The summed E-state index contributed by atoms with van der Waals surface area (Å²) in [6.45, 7) is 1.35. The molecule has 0 aliphatic carbocycles. The lowest BCUT2D eigenvalue weighted by molar-refractivity contribution is -0.146. The molecule has 2 amide bonds. The van der Waals surface area contributed by atoms with Crippen LogP contribution >= 0.6 is 0 Å². The fourth-order valence-electron chi connectivity index (χ4n) is 2.37. The molecule has 150 valence electrons. The molecule has 2 aromatic rings. The van der Waals surface area contributed by atoms with Crippen LogP contribution in [0, 0.1) is 11.3 Å². The Balaban J connectivity index is 1.76. The maximum atomic E-state index is 12.2. The molecule has 0 bridgehead atoms. The number of hydrogen-bond donors (Lipinski definition) is 2. The molecule has 0 heterocycles. The van der Waals surface area contributed by atoms with Gasteiger partial charge in [-0.05, 0) is 36.8 Å². The summed E-state index contributed by atoms with van der Waals surface area (Å²) in [6, 6.07) is 15.5. The van der Waals surface area contributed by atoms with E-state index in [0.29, 0.717) is 23.6 Å². The fraction of sp³-hybridized carbons (Fsp3) is 0.238. The number of benzene rings is 2. The minimum Gasteiger partial charge on any atom is -0.493 e. The molecule has 0 aliphatic heterocycles. The van der Waals surface area contributed by atoms with Crippen molar-refractivity contribution >= 4 is 23.5 Å². The smallest absolute Gasteiger partial charge is 0.325 e. The number of nitrogens with one attached hydrogen (secondary N) is 2. The largest absolute Gasteiger partial charge is 0.493 e. The van der Waals surface area contributed by atoms with Crippen LogP contribution in [0.2, 0.25) is 0 Å². The van der Waals surface area contributed by atoms with Crippen LogP contribution in [0.1, 0.15) is 22.8 Å². The summed E-state index contributed by atoms with van der Waals surface area (Å²) >= 11 is 0. The topological polar surface area (TPSA) is 118 Å². The Morgan fingerprint density at radius 3 is 2.48 bits per heavy atom. The summed E-state index contributed by atoms with van der Waals surface area (Å²) in [7, 11) is 0. The molecule has 0 spiro atoms. The Morgan fingerprint density at radius 1 is 1.07 bits per heavy atom. The van der Waals surface area contributed by atoms with E-state index in [0.717, 1.165) is 5.56 Å². The molecule has 0 saturated heterocycles. The third kappa shape index (κ3) is 6.99. The maximum absolute atomic E-state index is 12.2. The van der Waals surface area contributed by atoms with E-state index in [-0.39, 0.29) is 13.0 Å². The number of para-hydroxylation sites is 1. The first-order chi connectivity index (χ1) is 14.0. The van der Waals surface area contributed by atoms with E-state index in [1.165, 1.54) is 0 Å². The SMILES string of the molecule is CCOc1ccccc1C(=O)NCC(=O)OCC(=O)Nc1ccc(CC#N)cc1. The second-order valence-electron chi connectivity index (χ2n) is 5.85. The number of rotatable bonds is 9. The number of carbonyl (C=O) groups excluding carboxylic acids is 3. The van der Waals surface area contributed by atoms with Gasteiger partial charge in [0.2, 0.25) is 0 Å². The highest BCUT2D eigenvalue weighted by Crippen LogP contribution is 2.17. The van der Waals surface area contributed by atoms with Gasteiger partial charge in [0.05, 0.1) is 24.7 Å². The normalized spacial score (nSPS) is 9.79. The van der Waals surface area contributed by atoms with Crippen molar-refractivity contribution in [2.75, 3.05) is 25.1 Å². The molecule has 2 N–H and O–H groups in total. The van der Waals surface area contributed by atoms with Gasteiger partial charge < -0.3 is 20.1 Å². The molecule has 0 aromatic heterocycles. The van der Waals surface area contributed by atoms with Gasteiger partial charge in [-0.3, -0.25) is 14.4 Å². The summed E-state index contributed by atoms with van der Waals surface area (Å²) in [5.41, 5.74) is 1.66. The number of amides is 2. The van der Waals surface area contributed by atoms with Gasteiger partial charge in [0.1, 0.15) is 12.3 Å². The first-order valence-electron chi connectivity index (χ1n) is 8.95. The quantitative estimate of drug-likeness (QED) is 0.628. The molecule has 0 aliphatic rings. The summed E-state index contributed by atoms with van der Waals surface area (Å²) in [5.74, 6) is -1.32. The second-order valence-corrected chi connectivity index (χ2v) is 5.85. The fourth-order valence-corrected chi connectivity index (χ4v) is 2.37. The zero-order valence-electron chi connectivity index (χ0n) is 15.9. The number of nitrogens with zero attached hydrogens (tertiary/aromatic N) is 1. The summed E-state index contributed by atoms with van der Waals surface area (Å²) in [5, 5.41) is 13.6. The minimum atomic E-state index is -0.744. The van der Waals surface area contributed by atoms with E-state index in [9.17, 15) is 14.4 Å². The lowest BCUT2D eigenvalue weighted by Gasteiger charge is -2.10. The van der Waals surface area contributed by atoms with Gasteiger partial charge in [-0.2, -0.15) is 5.26 Å². The van der Waals surface area contributed by atoms with Crippen molar-refractivity contribution in [2.24, 2.45) is 0 Å². The van der Waals surface area contributed by atoms with E-state index >= 15 is 0 Å². The third-order valence-corrected chi connectivity index (χ3v) is 3.71. The Kier molecular flexibility index (Phi) is 8.20. The van der Waals surface area contributed by atoms with E-state index in [1.807, 2.05) is 6.07 Å². The van der Waals surface area contributed by atoms with Crippen molar-refractivity contribution in [2.45, 2.75) is 13.3 Å². The molecule has 29 heavy (non-hydrogen) atoms. The number of carbonyl (C=O) groups is 3. The van der Waals surface area contributed by atoms with E-state index < -0.39 is 24.4 Å². The summed E-state index contributed by atoms with van der Waals surface area (Å²) in [6.07, 6.45) is 0.284. The van der Waals surface area contributed by atoms with Crippen LogP contribution < -0.4 is 15.4 Å². The Labute approximate surface area is 168 Å². The highest BCUT2D eigenvalue weighted by Gasteiger charge is 2.14. The first-order valence-corrected chi connectivity index (χ1v) is 8.95. The van der Waals surface area contributed by atoms with Gasteiger partial charge in [-0.25, -0.2) is 0 Å². The molecule has 0 atom stereocenters. The van der Waals surface area contributed by atoms with E-state index in [1.54, 1.807) is 55.5 Å². The van der Waals surface area contributed by atoms with Crippen molar-refractivity contribution in [3.63, 3.8) is 0 Å². The number of nitriles is 1. The molecule has 0 saturated carbocycles. The van der Waals surface area contributed by atoms with Crippen LogP contribution in [0.4, 0.5) is 5.69 Å². The lowest BCUT2D eigenvalue weighted by atomic mass is 10.1. The van der Waals surface area contributed by atoms with Crippen molar-refractivity contribution in [1.29, 1.82) is 5.26 Å². The monoisotopic (exact) mass is 395 g/mol. The van der Waals surface area contributed by atoms with Crippen LogP contribution in [0.25, 0.3) is 0 Å². The first kappa shape index (κ1) is 21.4. The minimum absolute atomic E-state index is 0.284. The zero-order chi connectivity index (χ0) is 21.1. The number of esters is 1. The molecule has 2 rings (SSSR count). The number of ether oxygens (including phenoxy) is 2. The molecule has 2 aromatic carbocycles. The van der Waals surface area contributed by atoms with E-state index in [4.69, 9.17) is 14.7 Å². The number of anilines is 1. The average molecular weight is 395 g/mol. The Hall–Kier alpha value is -3.86. The van der Waals surface area contributed by atoms with Gasteiger partial charge in [-0.15, -0.1) is 0 Å². The van der Waals surface area contributed by atoms with Crippen molar-refractivity contribution < 1.29 is 23.9 Å². The van der Waals surface area contributed by atoms with Crippen LogP contribution in [0.3, 0.4) is 0 Å². The molecule has 8 nitrogen and oxygen atoms in total. The van der Waals surface area contributed by atoms with Crippen molar-refractivity contribution in [3.05, 3.63) is 59.7 Å². The van der Waals surface area contributed by atoms with Gasteiger partial charge in [0.25, 0.3) is 11.8 Å². The molecule has 0 unspecified atom stereocenters. The van der Waals surface area contributed by atoms with Gasteiger partial charge in [0.15, 0.2) is 6.61 Å². The van der Waals surface area contributed by atoms with Gasteiger partial charge >= 0.3 is 5.97 Å². The zero-order valence-corrected chi connectivity index (χ0v) is 15.9. The van der Waals surface area contributed by atoms with Crippen LogP contribution in [-0.4, -0.2) is 37.5 Å². The van der Waals surface area contributed by atoms with Crippen LogP contribution in [0.5, 0.6) is 5.75 Å². The standard InChI is InChI=1S/C21H21N3O5/c1-2-28-18-6-4-3-5-17(18)21(27)23-13-20(26)29-14-19(25)24-16-9-7-15(8-10-16)11-12-22/h3-10H,2,11,13-14H2,1H3,(H,23,27)(H,24,25). The molecule has 8 heteroatoms. The van der Waals surface area contributed by atoms with Crippen LogP contribution in [0.15, 0.2) is 48.5 Å². The van der Waals surface area contributed by atoms with Crippen LogP contribution in [-0.2, 0) is 20.7 Å². The Morgan fingerprint density at radius 2 is 1.79 bits per heavy atom. The maximum Gasteiger partial charge on any atom is 0.325 e. The number of hydrogen-bond acceptors (Lipinski definition) is 6. The highest BCUT2D eigenvalue weighted by atomic mass is 16.5. The van der Waals surface area contributed by atoms with Gasteiger partial charge in [0, 0.05) is 5.69 Å². The van der Waals surface area contributed by atoms with E-state index in [2.05, 4.69) is 10.6 Å². The third-order valence-electron chi connectivity index (χ3n) is 3.71. The summed E-state index contributed by atoms with van der Waals surface area (Å²) in [4.78, 5) is 35.8.